The van der Waals surface area contributed by atoms with Crippen LogP contribution in [0.2, 0.25) is 0 Å². The van der Waals surface area contributed by atoms with Crippen molar-refractivity contribution in [1.82, 2.24) is 0 Å². The Labute approximate surface area is 123 Å². The number of rotatable bonds is 1. The zero-order valence-corrected chi connectivity index (χ0v) is 12.4. The van der Waals surface area contributed by atoms with Gasteiger partial charge in [-0.15, -0.1) is 0 Å². The summed E-state index contributed by atoms with van der Waals surface area (Å²) in [6.07, 6.45) is 1.66. The lowest BCUT2D eigenvalue weighted by Gasteiger charge is -2.17. The van der Waals surface area contributed by atoms with Crippen molar-refractivity contribution in [1.29, 1.82) is 0 Å². The van der Waals surface area contributed by atoms with Crippen molar-refractivity contribution in [3.8, 4) is 0 Å². The molecule has 0 saturated heterocycles. The lowest BCUT2D eigenvalue weighted by atomic mass is 10.0. The third kappa shape index (κ3) is 2.54. The van der Waals surface area contributed by atoms with Crippen LogP contribution in [0.4, 0.5) is 0 Å². The maximum absolute atomic E-state index is 12.4. The summed E-state index contributed by atoms with van der Waals surface area (Å²) >= 11 is 0. The molecule has 21 heavy (non-hydrogen) atoms. The molecule has 106 valence electrons. The molecular formula is C17H14O3S. The van der Waals surface area contributed by atoms with Gasteiger partial charge in [0.15, 0.2) is 15.6 Å². The molecule has 1 heterocycles. The van der Waals surface area contributed by atoms with Crippen LogP contribution in [0.25, 0.3) is 6.08 Å². The van der Waals surface area contributed by atoms with Gasteiger partial charge in [0.05, 0.1) is 10.6 Å². The summed E-state index contributed by atoms with van der Waals surface area (Å²) in [6, 6.07) is 14.0. The molecule has 0 saturated carbocycles. The van der Waals surface area contributed by atoms with Crippen molar-refractivity contribution < 1.29 is 13.2 Å². The SMILES string of the molecule is Cc1ccc(/C=C2\CS(=O)(=O)c3ccccc3C2=O)cc1. The van der Waals surface area contributed by atoms with E-state index in [9.17, 15) is 13.2 Å². The molecule has 0 unspecified atom stereocenters. The highest BCUT2D eigenvalue weighted by molar-refractivity contribution is 7.91. The van der Waals surface area contributed by atoms with E-state index < -0.39 is 9.84 Å². The Bertz CT molecular complexity index is 844. The smallest absolute Gasteiger partial charge is 0.191 e. The van der Waals surface area contributed by atoms with Crippen LogP contribution in [-0.4, -0.2) is 20.0 Å². The minimum atomic E-state index is -3.44. The van der Waals surface area contributed by atoms with Crippen LogP contribution in [0.5, 0.6) is 0 Å². The largest absolute Gasteiger partial charge is 0.289 e. The van der Waals surface area contributed by atoms with Crippen molar-refractivity contribution in [3.63, 3.8) is 0 Å². The predicted octanol–water partition coefficient (Wildman–Crippen LogP) is 3.05. The molecule has 3 nitrogen and oxygen atoms in total. The van der Waals surface area contributed by atoms with Gasteiger partial charge >= 0.3 is 0 Å². The molecular weight excluding hydrogens is 284 g/mol. The summed E-state index contributed by atoms with van der Waals surface area (Å²) in [5.74, 6) is -0.447. The second-order valence-electron chi connectivity index (χ2n) is 5.16. The Hall–Kier alpha value is -2.20. The second kappa shape index (κ2) is 4.97. The van der Waals surface area contributed by atoms with E-state index in [4.69, 9.17) is 0 Å². The van der Waals surface area contributed by atoms with Gasteiger partial charge in [0.25, 0.3) is 0 Å². The number of ketones is 1. The molecule has 0 amide bonds. The predicted molar refractivity (Wildman–Crippen MR) is 82.0 cm³/mol. The summed E-state index contributed by atoms with van der Waals surface area (Å²) in [6.45, 7) is 1.98. The maximum Gasteiger partial charge on any atom is 0.191 e. The van der Waals surface area contributed by atoms with E-state index >= 15 is 0 Å². The molecule has 1 aliphatic rings. The second-order valence-corrected chi connectivity index (χ2v) is 7.12. The molecule has 0 N–H and O–H groups in total. The van der Waals surface area contributed by atoms with Crippen LogP contribution in [0, 0.1) is 6.92 Å². The molecule has 3 rings (SSSR count). The lowest BCUT2D eigenvalue weighted by molar-refractivity contribution is 0.103. The van der Waals surface area contributed by atoms with Crippen LogP contribution in [0.15, 0.2) is 59.0 Å². The standard InChI is InChI=1S/C17H14O3S/c1-12-6-8-13(9-7-12)10-14-11-21(19,20)16-5-3-2-4-15(16)17(14)18/h2-10H,11H2,1H3/b14-10+. The number of carbonyl (C=O) groups is 1. The number of aryl methyl sites for hydroxylation is 1. The first-order chi connectivity index (χ1) is 9.97. The van der Waals surface area contributed by atoms with Crippen molar-refractivity contribution in [2.24, 2.45) is 0 Å². The fourth-order valence-corrected chi connectivity index (χ4v) is 3.98. The van der Waals surface area contributed by atoms with E-state index in [0.717, 1.165) is 11.1 Å². The summed E-state index contributed by atoms with van der Waals surface area (Å²) < 4.78 is 24.6. The lowest BCUT2D eigenvalue weighted by Crippen LogP contribution is -2.24. The first-order valence-electron chi connectivity index (χ1n) is 6.61. The van der Waals surface area contributed by atoms with Gasteiger partial charge in [-0.2, -0.15) is 0 Å². The summed E-state index contributed by atoms with van der Waals surface area (Å²) in [5, 5.41) is 0. The number of fused-ring (bicyclic) bond motifs is 1. The number of hydrogen-bond acceptors (Lipinski definition) is 3. The molecule has 0 atom stereocenters. The van der Waals surface area contributed by atoms with Crippen LogP contribution in [0.1, 0.15) is 21.5 Å². The Balaban J connectivity index is 2.11. The third-order valence-electron chi connectivity index (χ3n) is 3.52. The van der Waals surface area contributed by atoms with Crippen molar-refractivity contribution >= 4 is 21.7 Å². The van der Waals surface area contributed by atoms with Gasteiger partial charge < -0.3 is 0 Å². The van der Waals surface area contributed by atoms with Crippen LogP contribution in [-0.2, 0) is 9.84 Å². The fourth-order valence-electron chi connectivity index (χ4n) is 2.42. The summed E-state index contributed by atoms with van der Waals surface area (Å²) in [7, 11) is -3.44. The average Bonchev–Trinajstić information content (AvgIpc) is 2.47. The molecule has 0 radical (unpaired) electrons. The van der Waals surface area contributed by atoms with Crippen LogP contribution < -0.4 is 0 Å². The van der Waals surface area contributed by atoms with Crippen LogP contribution in [0.3, 0.4) is 0 Å². The van der Waals surface area contributed by atoms with E-state index in [1.807, 2.05) is 31.2 Å². The normalized spacial score (nSPS) is 18.5. The van der Waals surface area contributed by atoms with Gasteiger partial charge in [-0.05, 0) is 30.7 Å². The van der Waals surface area contributed by atoms with Crippen molar-refractivity contribution in [3.05, 3.63) is 70.8 Å². The van der Waals surface area contributed by atoms with E-state index in [-0.39, 0.29) is 22.0 Å². The quantitative estimate of drug-likeness (QED) is 0.760. The number of sulfone groups is 1. The molecule has 1 aliphatic heterocycles. The van der Waals surface area contributed by atoms with E-state index in [1.165, 1.54) is 6.07 Å². The maximum atomic E-state index is 12.4. The zero-order chi connectivity index (χ0) is 15.0. The average molecular weight is 298 g/mol. The highest BCUT2D eigenvalue weighted by Gasteiger charge is 2.32. The molecule has 0 bridgehead atoms. The Morgan fingerprint density at radius 1 is 1.00 bits per heavy atom. The monoisotopic (exact) mass is 298 g/mol. The number of benzene rings is 2. The van der Waals surface area contributed by atoms with Crippen molar-refractivity contribution in [2.45, 2.75) is 11.8 Å². The Kier molecular flexibility index (Phi) is 3.26. The fraction of sp³-hybridized carbons (Fsp3) is 0.118. The van der Waals surface area contributed by atoms with Gasteiger partial charge in [-0.3, -0.25) is 4.79 Å². The van der Waals surface area contributed by atoms with Gasteiger partial charge in [0.2, 0.25) is 0 Å². The Morgan fingerprint density at radius 2 is 1.67 bits per heavy atom. The highest BCUT2D eigenvalue weighted by atomic mass is 32.2. The Morgan fingerprint density at radius 3 is 2.38 bits per heavy atom. The number of hydrogen-bond donors (Lipinski definition) is 0. The van der Waals surface area contributed by atoms with Crippen LogP contribution >= 0.6 is 0 Å². The minimum Gasteiger partial charge on any atom is -0.289 e. The first kappa shape index (κ1) is 13.8. The number of carbonyl (C=O) groups excluding carboxylic acids is 1. The molecule has 4 heteroatoms. The van der Waals surface area contributed by atoms with E-state index in [2.05, 4.69) is 0 Å². The van der Waals surface area contributed by atoms with Gasteiger partial charge in [-0.25, -0.2) is 8.42 Å². The molecule has 0 spiro atoms. The van der Waals surface area contributed by atoms with E-state index in [1.54, 1.807) is 24.3 Å². The van der Waals surface area contributed by atoms with Gasteiger partial charge in [-0.1, -0.05) is 42.0 Å². The minimum absolute atomic E-state index is 0.135. The highest BCUT2D eigenvalue weighted by Crippen LogP contribution is 2.28. The van der Waals surface area contributed by atoms with E-state index in [0.29, 0.717) is 5.57 Å². The van der Waals surface area contributed by atoms with Crippen molar-refractivity contribution in [2.75, 3.05) is 5.75 Å². The summed E-state index contributed by atoms with van der Waals surface area (Å²) in [4.78, 5) is 12.6. The van der Waals surface area contributed by atoms with Gasteiger partial charge in [0.1, 0.15) is 0 Å². The number of Topliss-reactive ketones (excluding diaryl/α,β-unsaturated/α-hetero) is 1. The molecule has 0 fully saturated rings. The summed E-state index contributed by atoms with van der Waals surface area (Å²) in [5.41, 5.74) is 2.53. The topological polar surface area (TPSA) is 51.2 Å². The molecule has 2 aromatic rings. The molecule has 0 aromatic heterocycles. The molecule has 2 aromatic carbocycles. The van der Waals surface area contributed by atoms with Gasteiger partial charge in [0, 0.05) is 11.1 Å². The zero-order valence-electron chi connectivity index (χ0n) is 11.5. The first-order valence-corrected chi connectivity index (χ1v) is 8.26. The molecule has 0 aliphatic carbocycles. The third-order valence-corrected chi connectivity index (χ3v) is 5.24.